The molecule has 3 heterocycles. The van der Waals surface area contributed by atoms with Crippen LogP contribution in [0.4, 0.5) is 0 Å². The molecule has 7 nitrogen and oxygen atoms in total. The van der Waals surface area contributed by atoms with Gasteiger partial charge in [0.05, 0.1) is 31.1 Å². The first kappa shape index (κ1) is 21.0. The van der Waals surface area contributed by atoms with E-state index in [1.165, 1.54) is 12.7 Å². The van der Waals surface area contributed by atoms with E-state index in [4.69, 9.17) is 9.47 Å². The average Bonchev–Trinajstić information content (AvgIpc) is 2.62. The number of hydrogen-bond acceptors (Lipinski definition) is 5. The van der Waals surface area contributed by atoms with Crippen molar-refractivity contribution in [2.75, 3.05) is 19.5 Å². The Balaban J connectivity index is 1.47. The summed E-state index contributed by atoms with van der Waals surface area (Å²) >= 11 is 0. The van der Waals surface area contributed by atoms with Gasteiger partial charge in [-0.15, -0.1) is 0 Å². The molecular weight excluding hydrogens is 392 g/mol. The molecular formula is C21H32N2O5S. The molecule has 3 aliphatic rings. The minimum absolute atomic E-state index is 0.0538. The maximum absolute atomic E-state index is 12.9. The van der Waals surface area contributed by atoms with Crippen LogP contribution in [0.15, 0.2) is 16.9 Å². The van der Waals surface area contributed by atoms with Crippen molar-refractivity contribution in [3.63, 3.8) is 0 Å². The Hall–Kier alpha value is -1.22. The van der Waals surface area contributed by atoms with Crippen molar-refractivity contribution in [2.45, 2.75) is 76.2 Å². The largest absolute Gasteiger partial charge is 0.378 e. The number of nitrogens with one attached hydrogen (secondary N) is 1. The van der Waals surface area contributed by atoms with Crippen molar-refractivity contribution in [3.05, 3.63) is 33.7 Å². The minimum atomic E-state index is -3.37. The summed E-state index contributed by atoms with van der Waals surface area (Å²) in [5.74, 6) is 0.643. The fourth-order valence-corrected chi connectivity index (χ4v) is 5.85. The Morgan fingerprint density at radius 3 is 2.52 bits per heavy atom. The maximum atomic E-state index is 12.9. The third-order valence-corrected chi connectivity index (χ3v) is 7.48. The van der Waals surface area contributed by atoms with Gasteiger partial charge in [0.15, 0.2) is 0 Å². The van der Waals surface area contributed by atoms with E-state index >= 15 is 0 Å². The summed E-state index contributed by atoms with van der Waals surface area (Å²) in [6.45, 7) is 3.04. The Kier molecular flexibility index (Phi) is 6.16. The zero-order valence-corrected chi connectivity index (χ0v) is 18.1. The number of aryl methyl sites for hydroxylation is 2. The van der Waals surface area contributed by atoms with Crippen LogP contribution >= 0.6 is 0 Å². The van der Waals surface area contributed by atoms with Crippen LogP contribution in [0.25, 0.3) is 0 Å². The normalized spacial score (nSPS) is 32.4. The summed E-state index contributed by atoms with van der Waals surface area (Å²) in [5.41, 5.74) is 1.56. The third kappa shape index (κ3) is 4.76. The number of ether oxygens (including phenoxy) is 2. The second-order valence-corrected chi connectivity index (χ2v) is 10.6. The molecule has 2 aliphatic heterocycles. The van der Waals surface area contributed by atoms with Gasteiger partial charge < -0.3 is 14.0 Å². The topological polar surface area (TPSA) is 86.6 Å². The first-order valence-electron chi connectivity index (χ1n) is 10.7. The smallest absolute Gasteiger partial charge is 0.254 e. The molecule has 1 aromatic heterocycles. The first-order chi connectivity index (χ1) is 13.8. The molecule has 1 saturated carbocycles. The minimum Gasteiger partial charge on any atom is -0.378 e. The second kappa shape index (κ2) is 8.49. The summed E-state index contributed by atoms with van der Waals surface area (Å²) in [4.78, 5) is 12.9. The van der Waals surface area contributed by atoms with Gasteiger partial charge in [0.2, 0.25) is 10.0 Å². The highest BCUT2D eigenvalue weighted by Crippen LogP contribution is 2.35. The van der Waals surface area contributed by atoms with Gasteiger partial charge in [0.25, 0.3) is 5.56 Å². The molecule has 0 aromatic carbocycles. The van der Waals surface area contributed by atoms with Gasteiger partial charge >= 0.3 is 0 Å². The fraction of sp³-hybridized carbons (Fsp3) is 0.762. The van der Waals surface area contributed by atoms with Crippen LogP contribution in [0.1, 0.15) is 55.8 Å². The van der Waals surface area contributed by atoms with Crippen LogP contribution in [0.3, 0.4) is 0 Å². The number of hydrogen-bond donors (Lipinski definition) is 1. The van der Waals surface area contributed by atoms with Crippen molar-refractivity contribution in [1.82, 2.24) is 9.29 Å². The maximum Gasteiger partial charge on any atom is 0.254 e. The highest BCUT2D eigenvalue weighted by Gasteiger charge is 2.35. The summed E-state index contributed by atoms with van der Waals surface area (Å²) < 4.78 is 40.2. The van der Waals surface area contributed by atoms with E-state index in [2.05, 4.69) is 4.72 Å². The molecule has 2 fully saturated rings. The van der Waals surface area contributed by atoms with Gasteiger partial charge in [-0.3, -0.25) is 4.79 Å². The number of sulfonamides is 1. The predicted octanol–water partition coefficient (Wildman–Crippen LogP) is 1.93. The van der Waals surface area contributed by atoms with Gasteiger partial charge in [-0.05, 0) is 63.9 Å². The van der Waals surface area contributed by atoms with E-state index in [9.17, 15) is 13.2 Å². The Morgan fingerprint density at radius 2 is 1.90 bits per heavy atom. The zero-order chi connectivity index (χ0) is 20.6. The SMILES string of the molecule is Cc1ccc2n(c1=O)[C@@H](COC1CCC(C3CCO3)CC1)[C@@H](NS(C)(=O)=O)CC2. The standard InChI is InChI=1S/C21H32N2O5S/c1-14-3-6-16-7-10-18(22-29(2,25)26)19(23(16)21(14)24)13-28-17-8-4-15(5-9-17)20-11-12-27-20/h3,6,15,17-20,22H,4-5,7-13H2,1-2H3/t15?,17?,18-,19-,20?/m0/s1. The van der Waals surface area contributed by atoms with Crippen LogP contribution in [0, 0.1) is 12.8 Å². The summed E-state index contributed by atoms with van der Waals surface area (Å²) in [6.07, 6.45) is 8.50. The van der Waals surface area contributed by atoms with E-state index < -0.39 is 10.0 Å². The molecule has 0 amide bonds. The van der Waals surface area contributed by atoms with Crippen LogP contribution in [-0.2, 0) is 25.9 Å². The molecule has 162 valence electrons. The molecule has 8 heteroatoms. The molecule has 29 heavy (non-hydrogen) atoms. The Labute approximate surface area is 172 Å². The third-order valence-electron chi connectivity index (χ3n) is 6.75. The summed E-state index contributed by atoms with van der Waals surface area (Å²) in [7, 11) is -3.37. The lowest BCUT2D eigenvalue weighted by Gasteiger charge is -2.39. The molecule has 1 N–H and O–H groups in total. The predicted molar refractivity (Wildman–Crippen MR) is 111 cm³/mol. The van der Waals surface area contributed by atoms with Crippen molar-refractivity contribution < 1.29 is 17.9 Å². The number of rotatable bonds is 6. The molecule has 3 atom stereocenters. The van der Waals surface area contributed by atoms with Crippen LogP contribution < -0.4 is 10.3 Å². The van der Waals surface area contributed by atoms with E-state index in [1.54, 1.807) is 11.5 Å². The van der Waals surface area contributed by atoms with E-state index in [-0.39, 0.29) is 23.7 Å². The van der Waals surface area contributed by atoms with Crippen LogP contribution in [0.2, 0.25) is 0 Å². The van der Waals surface area contributed by atoms with E-state index in [0.717, 1.165) is 38.0 Å². The molecule has 1 saturated heterocycles. The summed E-state index contributed by atoms with van der Waals surface area (Å²) in [6, 6.07) is 3.16. The molecule has 1 aromatic rings. The van der Waals surface area contributed by atoms with Gasteiger partial charge in [-0.25, -0.2) is 13.1 Å². The van der Waals surface area contributed by atoms with Gasteiger partial charge in [-0.1, -0.05) is 6.07 Å². The van der Waals surface area contributed by atoms with Crippen LogP contribution in [-0.4, -0.2) is 50.7 Å². The second-order valence-electron chi connectivity index (χ2n) is 8.85. The van der Waals surface area contributed by atoms with Crippen LogP contribution in [0.5, 0.6) is 0 Å². The van der Waals surface area contributed by atoms with Gasteiger partial charge in [0, 0.05) is 23.9 Å². The lowest BCUT2D eigenvalue weighted by atomic mass is 9.81. The lowest BCUT2D eigenvalue weighted by Crippen LogP contribution is -2.49. The molecule has 1 unspecified atom stereocenters. The molecule has 4 rings (SSSR count). The Morgan fingerprint density at radius 1 is 1.17 bits per heavy atom. The van der Waals surface area contributed by atoms with Crippen molar-refractivity contribution >= 4 is 10.0 Å². The Bertz CT molecular complexity index is 885. The van der Waals surface area contributed by atoms with Crippen molar-refractivity contribution in [3.8, 4) is 0 Å². The number of nitrogens with zero attached hydrogens (tertiary/aromatic N) is 1. The number of fused-ring (bicyclic) bond motifs is 1. The van der Waals surface area contributed by atoms with Gasteiger partial charge in [-0.2, -0.15) is 0 Å². The van der Waals surface area contributed by atoms with E-state index in [1.807, 2.05) is 12.1 Å². The van der Waals surface area contributed by atoms with Gasteiger partial charge in [0.1, 0.15) is 0 Å². The highest BCUT2D eigenvalue weighted by molar-refractivity contribution is 7.88. The monoisotopic (exact) mass is 424 g/mol. The first-order valence-corrected chi connectivity index (χ1v) is 12.6. The van der Waals surface area contributed by atoms with Crippen molar-refractivity contribution in [1.29, 1.82) is 0 Å². The fourth-order valence-electron chi connectivity index (χ4n) is 5.03. The average molecular weight is 425 g/mol. The highest BCUT2D eigenvalue weighted by atomic mass is 32.2. The quantitative estimate of drug-likeness (QED) is 0.754. The molecule has 0 spiro atoms. The lowest BCUT2D eigenvalue weighted by molar-refractivity contribution is -0.104. The number of aromatic nitrogens is 1. The zero-order valence-electron chi connectivity index (χ0n) is 17.3. The van der Waals surface area contributed by atoms with Crippen molar-refractivity contribution in [2.24, 2.45) is 5.92 Å². The molecule has 0 bridgehead atoms. The summed E-state index contributed by atoms with van der Waals surface area (Å²) in [5, 5.41) is 0. The molecule has 1 aliphatic carbocycles. The number of pyridine rings is 1. The molecule has 0 radical (unpaired) electrons. The van der Waals surface area contributed by atoms with E-state index in [0.29, 0.717) is 37.0 Å².